The van der Waals surface area contributed by atoms with Crippen LogP contribution in [0.2, 0.25) is 0 Å². The van der Waals surface area contributed by atoms with Gasteiger partial charge in [-0.2, -0.15) is 5.10 Å². The van der Waals surface area contributed by atoms with E-state index in [0.29, 0.717) is 23.2 Å². The van der Waals surface area contributed by atoms with Gasteiger partial charge in [-0.05, 0) is 28.3 Å². The molecule has 0 spiro atoms. The Hall–Kier alpha value is -0.880. The lowest BCUT2D eigenvalue weighted by Crippen LogP contribution is -2.28. The minimum Gasteiger partial charge on any atom is -0.391 e. The fourth-order valence-electron chi connectivity index (χ4n) is 1.51. The van der Waals surface area contributed by atoms with Crippen LogP contribution in [0.4, 0.5) is 5.69 Å². The van der Waals surface area contributed by atoms with Gasteiger partial charge in [0.15, 0.2) is 0 Å². The topological polar surface area (TPSA) is 67.2 Å². The van der Waals surface area contributed by atoms with Crippen molar-refractivity contribution in [1.29, 1.82) is 0 Å². The molecule has 2 N–H and O–H groups in total. The van der Waals surface area contributed by atoms with Crippen molar-refractivity contribution in [3.8, 4) is 0 Å². The number of nitrogens with zero attached hydrogens (tertiary/aromatic N) is 2. The van der Waals surface area contributed by atoms with Crippen molar-refractivity contribution < 1.29 is 5.11 Å². The van der Waals surface area contributed by atoms with E-state index < -0.39 is 6.10 Å². The van der Waals surface area contributed by atoms with Gasteiger partial charge in [0.2, 0.25) is 0 Å². The van der Waals surface area contributed by atoms with Crippen LogP contribution in [0.25, 0.3) is 0 Å². The SMILES string of the molecule is CCCCn1ncc(NCC(O)C(C)C)c(Br)c1=O. The Kier molecular flexibility index (Phi) is 6.51. The molecule has 0 aromatic carbocycles. The Balaban J connectivity index is 2.76. The number of unbranched alkanes of at least 4 members (excludes halogenated alkanes) is 1. The summed E-state index contributed by atoms with van der Waals surface area (Å²) in [6, 6.07) is 0. The number of aliphatic hydroxyl groups excluding tert-OH is 1. The third-order valence-electron chi connectivity index (χ3n) is 2.98. The molecular formula is C13H22BrN3O2. The molecule has 0 amide bonds. The van der Waals surface area contributed by atoms with Crippen LogP contribution < -0.4 is 10.9 Å². The van der Waals surface area contributed by atoms with Crippen LogP contribution in [0.3, 0.4) is 0 Å². The molecule has 0 fully saturated rings. The molecule has 0 aliphatic heterocycles. The summed E-state index contributed by atoms with van der Waals surface area (Å²) in [5, 5.41) is 16.9. The zero-order valence-corrected chi connectivity index (χ0v) is 13.3. The lowest BCUT2D eigenvalue weighted by Gasteiger charge is -2.16. The van der Waals surface area contributed by atoms with Crippen LogP contribution in [0, 0.1) is 5.92 Å². The van der Waals surface area contributed by atoms with E-state index in [0.717, 1.165) is 12.8 Å². The number of hydrogen-bond acceptors (Lipinski definition) is 4. The van der Waals surface area contributed by atoms with Crippen LogP contribution in [-0.4, -0.2) is 27.5 Å². The molecule has 1 aromatic heterocycles. The first kappa shape index (κ1) is 16.2. The highest BCUT2D eigenvalue weighted by Gasteiger charge is 2.12. The van der Waals surface area contributed by atoms with Crippen molar-refractivity contribution >= 4 is 21.6 Å². The predicted molar refractivity (Wildman–Crippen MR) is 80.4 cm³/mol. The van der Waals surface area contributed by atoms with Gasteiger partial charge in [0, 0.05) is 13.1 Å². The van der Waals surface area contributed by atoms with Crippen molar-refractivity contribution in [3.05, 3.63) is 21.0 Å². The van der Waals surface area contributed by atoms with Gasteiger partial charge < -0.3 is 10.4 Å². The first-order valence-corrected chi connectivity index (χ1v) is 7.44. The molecule has 1 aromatic rings. The minimum absolute atomic E-state index is 0.141. The Labute approximate surface area is 122 Å². The van der Waals surface area contributed by atoms with E-state index in [1.54, 1.807) is 6.20 Å². The molecule has 1 rings (SSSR count). The van der Waals surface area contributed by atoms with Crippen molar-refractivity contribution in [2.24, 2.45) is 5.92 Å². The van der Waals surface area contributed by atoms with Crippen LogP contribution in [0.5, 0.6) is 0 Å². The van der Waals surface area contributed by atoms with Gasteiger partial charge in [-0.1, -0.05) is 27.2 Å². The summed E-state index contributed by atoms with van der Waals surface area (Å²) < 4.78 is 1.92. The highest BCUT2D eigenvalue weighted by molar-refractivity contribution is 9.10. The summed E-state index contributed by atoms with van der Waals surface area (Å²) in [6.07, 6.45) is 3.12. The highest BCUT2D eigenvalue weighted by atomic mass is 79.9. The second-order valence-corrected chi connectivity index (χ2v) is 5.74. The molecule has 5 nitrogen and oxygen atoms in total. The standard InChI is InChI=1S/C13H22BrN3O2/c1-4-5-6-17-13(19)12(14)10(7-16-17)15-8-11(18)9(2)3/h7,9,11,15,18H,4-6,8H2,1-3H3. The maximum absolute atomic E-state index is 12.0. The van der Waals surface area contributed by atoms with Gasteiger partial charge in [0.25, 0.3) is 5.56 Å². The molecule has 6 heteroatoms. The van der Waals surface area contributed by atoms with Gasteiger partial charge in [-0.3, -0.25) is 4.79 Å². The van der Waals surface area contributed by atoms with E-state index in [4.69, 9.17) is 0 Å². The fraction of sp³-hybridized carbons (Fsp3) is 0.692. The van der Waals surface area contributed by atoms with Crippen molar-refractivity contribution in [3.63, 3.8) is 0 Å². The molecular weight excluding hydrogens is 310 g/mol. The molecule has 0 bridgehead atoms. The first-order chi connectivity index (χ1) is 8.97. The van der Waals surface area contributed by atoms with Crippen LogP contribution >= 0.6 is 15.9 Å². The van der Waals surface area contributed by atoms with Gasteiger partial charge in [-0.25, -0.2) is 4.68 Å². The number of aromatic nitrogens is 2. The molecule has 0 saturated carbocycles. The lowest BCUT2D eigenvalue weighted by molar-refractivity contribution is 0.138. The normalized spacial score (nSPS) is 12.7. The molecule has 0 aliphatic carbocycles. The number of aryl methyl sites for hydroxylation is 1. The number of halogens is 1. The van der Waals surface area contributed by atoms with Crippen molar-refractivity contribution in [2.45, 2.75) is 46.3 Å². The Morgan fingerprint density at radius 3 is 2.79 bits per heavy atom. The van der Waals surface area contributed by atoms with Crippen LogP contribution in [-0.2, 0) is 6.54 Å². The largest absolute Gasteiger partial charge is 0.391 e. The van der Waals surface area contributed by atoms with Crippen molar-refractivity contribution in [2.75, 3.05) is 11.9 Å². The Bertz CT molecular complexity index is 460. The summed E-state index contributed by atoms with van der Waals surface area (Å²) in [5.74, 6) is 0.171. The number of anilines is 1. The average molecular weight is 332 g/mol. The van der Waals surface area contributed by atoms with E-state index in [9.17, 15) is 9.90 Å². The molecule has 0 aliphatic rings. The van der Waals surface area contributed by atoms with E-state index in [-0.39, 0.29) is 11.5 Å². The molecule has 0 radical (unpaired) electrons. The Morgan fingerprint density at radius 1 is 1.53 bits per heavy atom. The highest BCUT2D eigenvalue weighted by Crippen LogP contribution is 2.16. The van der Waals surface area contributed by atoms with E-state index >= 15 is 0 Å². The average Bonchev–Trinajstić information content (AvgIpc) is 2.38. The van der Waals surface area contributed by atoms with Crippen LogP contribution in [0.15, 0.2) is 15.5 Å². The molecule has 108 valence electrons. The second kappa shape index (κ2) is 7.65. The second-order valence-electron chi connectivity index (χ2n) is 4.95. The number of hydrogen-bond donors (Lipinski definition) is 2. The number of aliphatic hydroxyl groups is 1. The molecule has 19 heavy (non-hydrogen) atoms. The van der Waals surface area contributed by atoms with Crippen LogP contribution in [0.1, 0.15) is 33.6 Å². The van der Waals surface area contributed by atoms with Crippen molar-refractivity contribution in [1.82, 2.24) is 9.78 Å². The van der Waals surface area contributed by atoms with E-state index in [1.807, 2.05) is 13.8 Å². The third kappa shape index (κ3) is 4.62. The number of rotatable bonds is 7. The molecule has 0 saturated heterocycles. The lowest BCUT2D eigenvalue weighted by atomic mass is 10.1. The zero-order chi connectivity index (χ0) is 14.4. The van der Waals surface area contributed by atoms with Gasteiger partial charge in [0.1, 0.15) is 4.47 Å². The maximum Gasteiger partial charge on any atom is 0.283 e. The molecule has 1 unspecified atom stereocenters. The quantitative estimate of drug-likeness (QED) is 0.804. The third-order valence-corrected chi connectivity index (χ3v) is 3.75. The first-order valence-electron chi connectivity index (χ1n) is 6.64. The summed E-state index contributed by atoms with van der Waals surface area (Å²) in [6.45, 7) is 6.99. The van der Waals surface area contributed by atoms with E-state index in [1.165, 1.54) is 4.68 Å². The maximum atomic E-state index is 12.0. The number of nitrogens with one attached hydrogen (secondary N) is 1. The summed E-state index contributed by atoms with van der Waals surface area (Å²) in [7, 11) is 0. The Morgan fingerprint density at radius 2 is 2.21 bits per heavy atom. The summed E-state index contributed by atoms with van der Waals surface area (Å²) >= 11 is 3.29. The predicted octanol–water partition coefficient (Wildman–Crippen LogP) is 2.23. The van der Waals surface area contributed by atoms with Gasteiger partial charge >= 0.3 is 0 Å². The molecule has 1 heterocycles. The summed E-state index contributed by atoms with van der Waals surface area (Å²) in [5.41, 5.74) is 0.481. The van der Waals surface area contributed by atoms with Gasteiger partial charge in [-0.15, -0.1) is 0 Å². The zero-order valence-electron chi connectivity index (χ0n) is 11.7. The smallest absolute Gasteiger partial charge is 0.283 e. The molecule has 1 atom stereocenters. The summed E-state index contributed by atoms with van der Waals surface area (Å²) in [4.78, 5) is 12.0. The van der Waals surface area contributed by atoms with E-state index in [2.05, 4.69) is 33.3 Å². The fourth-order valence-corrected chi connectivity index (χ4v) is 1.95. The minimum atomic E-state index is -0.450. The monoisotopic (exact) mass is 331 g/mol. The van der Waals surface area contributed by atoms with Gasteiger partial charge in [0.05, 0.1) is 18.0 Å².